The van der Waals surface area contributed by atoms with Gasteiger partial charge < -0.3 is 0 Å². The van der Waals surface area contributed by atoms with Gasteiger partial charge in [0.25, 0.3) is 0 Å². The number of aromatic nitrogens is 12. The highest BCUT2D eigenvalue weighted by atomic mass is 35.5. The molecule has 8 rings (SSSR count). The molecule has 0 spiro atoms. The van der Waals surface area contributed by atoms with Crippen molar-refractivity contribution in [3.05, 3.63) is 141 Å². The number of halogens is 4. The van der Waals surface area contributed by atoms with Crippen LogP contribution in [-0.2, 0) is 13.1 Å². The second-order valence-electron chi connectivity index (χ2n) is 11.2. The monoisotopic (exact) mass is 802 g/mol. The van der Waals surface area contributed by atoms with Gasteiger partial charge in [-0.25, -0.2) is 9.36 Å². The predicted octanol–water partition coefficient (Wildman–Crippen LogP) is 8.87. The van der Waals surface area contributed by atoms with Crippen molar-refractivity contribution in [3.8, 4) is 34.2 Å². The maximum atomic E-state index is 6.71. The Morgan fingerprint density at radius 1 is 0.519 bits per heavy atom. The van der Waals surface area contributed by atoms with Crippen LogP contribution >= 0.6 is 68.0 Å². The fourth-order valence-electron chi connectivity index (χ4n) is 5.20. The molecule has 12 nitrogen and oxygen atoms in total. The van der Waals surface area contributed by atoms with Crippen LogP contribution in [0.4, 0.5) is 0 Å². The van der Waals surface area contributed by atoms with Gasteiger partial charge in [0.05, 0.1) is 58.0 Å². The normalized spacial score (nSPS) is 11.4. The van der Waals surface area contributed by atoms with Gasteiger partial charge in [0.15, 0.2) is 0 Å². The maximum absolute atomic E-state index is 6.71. The van der Waals surface area contributed by atoms with Crippen LogP contribution in [0.1, 0.15) is 11.1 Å². The fraction of sp³-hybridized carbons (Fsp3) is 0.0588. The van der Waals surface area contributed by atoms with Gasteiger partial charge in [-0.15, -0.1) is 20.4 Å². The molecular formula is C34H22Cl4N12S2. The van der Waals surface area contributed by atoms with E-state index in [1.165, 1.54) is 21.6 Å². The molecule has 0 bridgehead atoms. The Hall–Kier alpha value is -4.70. The topological polar surface area (TPSA) is 123 Å². The molecule has 0 saturated carbocycles. The summed E-state index contributed by atoms with van der Waals surface area (Å²) in [6.45, 7) is 0.898. The second-order valence-corrected chi connectivity index (χ2v) is 15.0. The van der Waals surface area contributed by atoms with E-state index in [0.29, 0.717) is 77.4 Å². The highest BCUT2D eigenvalue weighted by Crippen LogP contribution is 2.46. The quantitative estimate of drug-likeness (QED) is 0.117. The molecule has 0 radical (unpaired) electrons. The van der Waals surface area contributed by atoms with E-state index >= 15 is 0 Å². The van der Waals surface area contributed by atoms with Crippen molar-refractivity contribution < 1.29 is 0 Å². The van der Waals surface area contributed by atoms with Crippen LogP contribution < -0.4 is 0 Å². The zero-order valence-electron chi connectivity index (χ0n) is 26.5. The van der Waals surface area contributed by atoms with Gasteiger partial charge in [0, 0.05) is 10.0 Å². The molecule has 4 heterocycles. The number of rotatable bonds is 11. The molecule has 18 heteroatoms. The molecule has 0 N–H and O–H groups in total. The van der Waals surface area contributed by atoms with Crippen molar-refractivity contribution in [2.24, 2.45) is 0 Å². The first-order valence-corrected chi connectivity index (χ1v) is 19.1. The molecule has 0 aliphatic carbocycles. The summed E-state index contributed by atoms with van der Waals surface area (Å²) >= 11 is 25.9. The fourth-order valence-corrected chi connectivity index (χ4v) is 8.67. The summed E-state index contributed by atoms with van der Waals surface area (Å²) in [5, 5.41) is 39.4. The first-order chi connectivity index (χ1) is 25.4. The average Bonchev–Trinajstić information content (AvgIpc) is 3.96. The number of hydrogen-bond donors (Lipinski definition) is 0. The van der Waals surface area contributed by atoms with Gasteiger partial charge in [-0.1, -0.05) is 107 Å². The zero-order valence-corrected chi connectivity index (χ0v) is 31.2. The molecular weight excluding hydrogens is 782 g/mol. The third kappa shape index (κ3) is 7.31. The summed E-state index contributed by atoms with van der Waals surface area (Å²) in [5.74, 6) is 0.769. The Balaban J connectivity index is 1.19. The van der Waals surface area contributed by atoms with E-state index in [1.807, 2.05) is 60.7 Å². The van der Waals surface area contributed by atoms with Crippen LogP contribution in [0.25, 0.3) is 34.2 Å². The summed E-state index contributed by atoms with van der Waals surface area (Å²) in [4.78, 5) is 3.08. The minimum atomic E-state index is 0.385. The van der Waals surface area contributed by atoms with E-state index in [4.69, 9.17) is 66.8 Å². The number of tetrazole rings is 2. The van der Waals surface area contributed by atoms with Gasteiger partial charge in [-0.3, -0.25) is 0 Å². The standard InChI is InChI=1S/C34H22Cl4N12S2/c35-23-11-13-29(27(37)15-23)49-33(25(17-39-49)31-41-45-47(43-31)19-21-7-3-1-4-8-21)51-52-34-26(18-40-50(34)30-14-12-24(36)16-28(30)38)32-42-46-48(44-32)20-22-9-5-2-6-10-22/h1-18H,19-20H2. The highest BCUT2D eigenvalue weighted by molar-refractivity contribution is 8.76. The van der Waals surface area contributed by atoms with Crippen molar-refractivity contribution in [3.63, 3.8) is 0 Å². The average molecular weight is 805 g/mol. The number of benzene rings is 4. The minimum Gasteiger partial charge on any atom is -0.224 e. The Morgan fingerprint density at radius 2 is 0.942 bits per heavy atom. The van der Waals surface area contributed by atoms with Crippen molar-refractivity contribution in [1.82, 2.24) is 60.0 Å². The Labute approximate surface area is 324 Å². The lowest BCUT2D eigenvalue weighted by Gasteiger charge is -2.12. The Morgan fingerprint density at radius 3 is 1.35 bits per heavy atom. The van der Waals surface area contributed by atoms with E-state index in [0.717, 1.165) is 11.1 Å². The van der Waals surface area contributed by atoms with Crippen molar-refractivity contribution in [2.45, 2.75) is 23.1 Å². The summed E-state index contributed by atoms with van der Waals surface area (Å²) in [5.41, 5.74) is 4.56. The van der Waals surface area contributed by atoms with Crippen molar-refractivity contribution in [2.75, 3.05) is 0 Å². The summed E-state index contributed by atoms with van der Waals surface area (Å²) in [6, 6.07) is 30.2. The molecule has 8 aromatic rings. The van der Waals surface area contributed by atoms with Crippen LogP contribution in [0.2, 0.25) is 20.1 Å². The molecule has 4 aromatic carbocycles. The van der Waals surface area contributed by atoms with Crippen LogP contribution in [-0.4, -0.2) is 60.0 Å². The summed E-state index contributed by atoms with van der Waals surface area (Å²) < 4.78 is 3.43. The smallest absolute Gasteiger partial charge is 0.209 e. The lowest BCUT2D eigenvalue weighted by Crippen LogP contribution is -2.04. The van der Waals surface area contributed by atoms with Crippen molar-refractivity contribution >= 4 is 68.0 Å². The van der Waals surface area contributed by atoms with Crippen LogP contribution in [0.15, 0.2) is 120 Å². The van der Waals surface area contributed by atoms with E-state index < -0.39 is 0 Å². The van der Waals surface area contributed by atoms with E-state index in [-0.39, 0.29) is 0 Å². The summed E-state index contributed by atoms with van der Waals surface area (Å²) in [6.07, 6.45) is 3.37. The molecule has 52 heavy (non-hydrogen) atoms. The summed E-state index contributed by atoms with van der Waals surface area (Å²) in [7, 11) is 2.77. The zero-order chi connectivity index (χ0) is 35.6. The van der Waals surface area contributed by atoms with Gasteiger partial charge in [-0.2, -0.15) is 19.8 Å². The SMILES string of the molecule is Clc1ccc(-n2ncc(-c3nnn(Cc4ccccc4)n3)c2SSc2c(-c3nnn(Cc4ccccc4)n3)cnn2-c2ccc(Cl)cc2Cl)c(Cl)c1. The maximum Gasteiger partial charge on any atom is 0.209 e. The van der Waals surface area contributed by atoms with E-state index in [1.54, 1.807) is 67.7 Å². The van der Waals surface area contributed by atoms with Crippen LogP contribution in [0.3, 0.4) is 0 Å². The highest BCUT2D eigenvalue weighted by Gasteiger charge is 2.25. The molecule has 0 fully saturated rings. The Bertz CT molecular complexity index is 2330. The van der Waals surface area contributed by atoms with E-state index in [9.17, 15) is 0 Å². The Kier molecular flexibility index (Phi) is 9.99. The predicted molar refractivity (Wildman–Crippen MR) is 204 cm³/mol. The molecule has 0 aliphatic rings. The number of nitrogens with zero attached hydrogens (tertiary/aromatic N) is 12. The lowest BCUT2D eigenvalue weighted by molar-refractivity contribution is 0.573. The van der Waals surface area contributed by atoms with E-state index in [2.05, 4.69) is 20.6 Å². The third-order valence-corrected chi connectivity index (χ3v) is 11.1. The first-order valence-electron chi connectivity index (χ1n) is 15.5. The third-order valence-electron chi connectivity index (χ3n) is 7.65. The molecule has 0 aliphatic heterocycles. The molecule has 258 valence electrons. The minimum absolute atomic E-state index is 0.385. The lowest BCUT2D eigenvalue weighted by atomic mass is 10.2. The van der Waals surface area contributed by atoms with Crippen LogP contribution in [0.5, 0.6) is 0 Å². The molecule has 0 atom stereocenters. The van der Waals surface area contributed by atoms with Crippen LogP contribution in [0, 0.1) is 0 Å². The van der Waals surface area contributed by atoms with Gasteiger partial charge in [-0.05, 0) is 79.5 Å². The van der Waals surface area contributed by atoms with Gasteiger partial charge in [0.2, 0.25) is 11.6 Å². The van der Waals surface area contributed by atoms with Gasteiger partial charge in [0.1, 0.15) is 10.1 Å². The molecule has 4 aromatic heterocycles. The molecule has 0 amide bonds. The molecule has 0 unspecified atom stereocenters. The molecule has 0 saturated heterocycles. The first kappa shape index (κ1) is 34.4. The second kappa shape index (κ2) is 15.1. The number of hydrogen-bond acceptors (Lipinski definition) is 10. The van der Waals surface area contributed by atoms with Crippen molar-refractivity contribution in [1.29, 1.82) is 0 Å². The van der Waals surface area contributed by atoms with Gasteiger partial charge >= 0.3 is 0 Å². The largest absolute Gasteiger partial charge is 0.224 e.